The topological polar surface area (TPSA) is 72.4 Å². The fourth-order valence-corrected chi connectivity index (χ4v) is 1.15. The van der Waals surface area contributed by atoms with E-state index in [4.69, 9.17) is 5.11 Å². The van der Waals surface area contributed by atoms with E-state index in [9.17, 15) is 8.76 Å². The van der Waals surface area contributed by atoms with Gasteiger partial charge in [0.1, 0.15) is 0 Å². The summed E-state index contributed by atoms with van der Waals surface area (Å²) in [6.45, 7) is -0.0962. The van der Waals surface area contributed by atoms with Crippen molar-refractivity contribution < 1.29 is 13.9 Å². The summed E-state index contributed by atoms with van der Waals surface area (Å²) in [4.78, 5) is 0. The van der Waals surface area contributed by atoms with Crippen molar-refractivity contribution in [1.29, 1.82) is 0 Å². The number of hydrogen-bond donors (Lipinski definition) is 2. The molecule has 1 atom stereocenters. The molecule has 0 amide bonds. The normalized spacial score (nSPS) is 11.5. The summed E-state index contributed by atoms with van der Waals surface area (Å²) in [5.74, 6) is 0. The van der Waals surface area contributed by atoms with E-state index in [1.807, 2.05) is 0 Å². The van der Waals surface area contributed by atoms with Gasteiger partial charge in [0.2, 0.25) is 0 Å². The van der Waals surface area contributed by atoms with Gasteiger partial charge in [0.25, 0.3) is 0 Å². The molecule has 0 spiro atoms. The minimum Gasteiger partial charge on any atom is -0.755 e. The van der Waals surface area contributed by atoms with Crippen LogP contribution in [0, 0.1) is 0 Å². The van der Waals surface area contributed by atoms with Gasteiger partial charge in [0.15, 0.2) is 0 Å². The largest absolute Gasteiger partial charge is 0.755 e. The molecule has 4 nitrogen and oxygen atoms in total. The molecule has 1 radical (unpaired) electrons. The number of nitrogens with one attached hydrogen (secondary N) is 1. The van der Waals surface area contributed by atoms with Gasteiger partial charge >= 0.3 is 0 Å². The molecular weight excluding hydrogens is 201 g/mol. The van der Waals surface area contributed by atoms with Gasteiger partial charge in [-0.1, -0.05) is 12.1 Å². The molecule has 2 N–H and O–H groups in total. The molecule has 1 aromatic rings. The molecule has 1 aromatic carbocycles. The van der Waals surface area contributed by atoms with E-state index in [-0.39, 0.29) is 36.2 Å². The zero-order chi connectivity index (χ0) is 8.97. The summed E-state index contributed by atoms with van der Waals surface area (Å²) in [7, 11) is 0. The molecule has 0 aliphatic carbocycles. The molecule has 0 saturated heterocycles. The molecule has 0 saturated carbocycles. The molecule has 67 valence electrons. The summed E-state index contributed by atoms with van der Waals surface area (Å²) in [6, 6.07) is 6.55. The van der Waals surface area contributed by atoms with Crippen molar-refractivity contribution in [3.05, 3.63) is 29.8 Å². The van der Waals surface area contributed by atoms with Crippen molar-refractivity contribution in [2.75, 3.05) is 4.72 Å². The van der Waals surface area contributed by atoms with Gasteiger partial charge in [0.05, 0.1) is 6.61 Å². The summed E-state index contributed by atoms with van der Waals surface area (Å²) in [5.41, 5.74) is 1.13. The van der Waals surface area contributed by atoms with E-state index in [1.54, 1.807) is 24.3 Å². The molecule has 1 rings (SSSR count). The molecule has 0 aliphatic heterocycles. The van der Waals surface area contributed by atoms with E-state index < -0.39 is 11.3 Å². The average molecular weight is 209 g/mol. The summed E-state index contributed by atoms with van der Waals surface area (Å²) in [5, 5.41) is 8.71. The van der Waals surface area contributed by atoms with Crippen molar-refractivity contribution in [1.82, 2.24) is 0 Å². The van der Waals surface area contributed by atoms with E-state index in [0.29, 0.717) is 11.3 Å². The van der Waals surface area contributed by atoms with Crippen LogP contribution in [0.2, 0.25) is 0 Å². The number of aliphatic hydroxyl groups is 1. The van der Waals surface area contributed by atoms with E-state index in [0.717, 1.165) is 0 Å². The second-order valence-electron chi connectivity index (χ2n) is 2.20. The van der Waals surface area contributed by atoms with Crippen molar-refractivity contribution in [2.45, 2.75) is 6.61 Å². The van der Waals surface area contributed by atoms with Crippen LogP contribution in [-0.2, 0) is 17.9 Å². The Morgan fingerprint density at radius 1 is 1.54 bits per heavy atom. The summed E-state index contributed by atoms with van der Waals surface area (Å²) < 4.78 is 22.6. The second kappa shape index (κ2) is 6.53. The first-order valence-corrected chi connectivity index (χ1v) is 4.35. The van der Waals surface area contributed by atoms with Crippen LogP contribution in [0.3, 0.4) is 0 Å². The zero-order valence-electron chi connectivity index (χ0n) is 7.19. The Labute approximate surface area is 101 Å². The Bertz CT molecular complexity index is 295. The summed E-state index contributed by atoms with van der Waals surface area (Å²) in [6.07, 6.45) is 0. The van der Waals surface area contributed by atoms with Gasteiger partial charge in [-0.2, -0.15) is 0 Å². The first kappa shape index (κ1) is 13.1. The predicted octanol–water partition coefficient (Wildman–Crippen LogP) is 0.00410. The minimum atomic E-state index is -2.31. The Morgan fingerprint density at radius 2 is 2.23 bits per heavy atom. The van der Waals surface area contributed by atoms with Crippen molar-refractivity contribution in [2.24, 2.45) is 0 Å². The Hall–Kier alpha value is 0.0900. The molecule has 13 heavy (non-hydrogen) atoms. The Kier molecular flexibility index (Phi) is 6.58. The third kappa shape index (κ3) is 4.75. The van der Waals surface area contributed by atoms with Gasteiger partial charge < -0.3 is 14.4 Å². The average Bonchev–Trinajstić information content (AvgIpc) is 2.03. The van der Waals surface area contributed by atoms with E-state index in [2.05, 4.69) is 4.72 Å². The number of benzene rings is 1. The van der Waals surface area contributed by atoms with Crippen molar-refractivity contribution >= 4 is 46.5 Å². The number of hydrogen-bond acceptors (Lipinski definition) is 3. The second-order valence-corrected chi connectivity index (χ2v) is 2.87. The Morgan fingerprint density at radius 3 is 2.77 bits per heavy atom. The molecular formula is C7H8NNaO3S-. The monoisotopic (exact) mass is 209 g/mol. The first-order valence-electron chi connectivity index (χ1n) is 3.28. The zero-order valence-corrected chi connectivity index (χ0v) is 10.0. The standard InChI is InChI=1S/C7H9NO3S.Na/c9-5-6-2-1-3-7(4-6)8-12(10)11;/h1-4,8-9H,5H2,(H,10,11);/p-1. The first-order chi connectivity index (χ1) is 5.72. The third-order valence-electron chi connectivity index (χ3n) is 1.31. The van der Waals surface area contributed by atoms with Crippen LogP contribution in [0.15, 0.2) is 24.3 Å². The summed E-state index contributed by atoms with van der Waals surface area (Å²) >= 11 is -2.31. The quantitative estimate of drug-likeness (QED) is 0.544. The van der Waals surface area contributed by atoms with Crippen LogP contribution >= 0.6 is 0 Å². The third-order valence-corrected chi connectivity index (χ3v) is 1.71. The Balaban J connectivity index is 0.00000144. The number of anilines is 1. The van der Waals surface area contributed by atoms with Crippen LogP contribution in [0.5, 0.6) is 0 Å². The van der Waals surface area contributed by atoms with Gasteiger partial charge in [-0.25, -0.2) is 0 Å². The van der Waals surface area contributed by atoms with Crippen LogP contribution in [0.1, 0.15) is 5.56 Å². The molecule has 6 heteroatoms. The van der Waals surface area contributed by atoms with Gasteiger partial charge in [-0.05, 0) is 17.7 Å². The number of aliphatic hydroxyl groups excluding tert-OH is 1. The van der Waals surface area contributed by atoms with E-state index >= 15 is 0 Å². The maximum Gasteiger partial charge on any atom is 0.0682 e. The van der Waals surface area contributed by atoms with Crippen LogP contribution in [-0.4, -0.2) is 43.4 Å². The van der Waals surface area contributed by atoms with Crippen LogP contribution in [0.4, 0.5) is 5.69 Å². The van der Waals surface area contributed by atoms with Gasteiger partial charge in [-0.3, -0.25) is 4.21 Å². The van der Waals surface area contributed by atoms with Gasteiger partial charge in [-0.15, -0.1) is 0 Å². The number of rotatable bonds is 3. The van der Waals surface area contributed by atoms with Crippen molar-refractivity contribution in [3.8, 4) is 0 Å². The maximum atomic E-state index is 10.2. The van der Waals surface area contributed by atoms with Crippen LogP contribution < -0.4 is 4.72 Å². The molecule has 0 aromatic heterocycles. The fraction of sp³-hybridized carbons (Fsp3) is 0.143. The maximum absolute atomic E-state index is 10.2. The van der Waals surface area contributed by atoms with Crippen LogP contribution in [0.25, 0.3) is 0 Å². The molecule has 0 fully saturated rings. The molecule has 0 bridgehead atoms. The van der Waals surface area contributed by atoms with Crippen molar-refractivity contribution in [3.63, 3.8) is 0 Å². The van der Waals surface area contributed by atoms with Gasteiger partial charge in [0, 0.05) is 46.5 Å². The predicted molar refractivity (Wildman–Crippen MR) is 50.7 cm³/mol. The molecule has 0 aliphatic rings. The minimum absolute atomic E-state index is 0. The fourth-order valence-electron chi connectivity index (χ4n) is 0.829. The van der Waals surface area contributed by atoms with E-state index in [1.165, 1.54) is 0 Å². The molecule has 1 unspecified atom stereocenters. The smallest absolute Gasteiger partial charge is 0.0682 e. The SMILES string of the molecule is O=S([O-])Nc1cccc(CO)c1.[Na]. The molecule has 0 heterocycles.